The minimum Gasteiger partial charge on any atom is -0.496 e. The number of halogens is 4. The fourth-order valence-corrected chi connectivity index (χ4v) is 5.69. The Hall–Kier alpha value is -2.36. The zero-order valence-electron chi connectivity index (χ0n) is 17.0. The van der Waals surface area contributed by atoms with Gasteiger partial charge in [0.2, 0.25) is 0 Å². The van der Waals surface area contributed by atoms with Gasteiger partial charge < -0.3 is 4.74 Å². The molecular weight excluding hydrogens is 479 g/mol. The van der Waals surface area contributed by atoms with Gasteiger partial charge in [-0.3, -0.25) is 0 Å². The number of methoxy groups -OCH3 is 1. The van der Waals surface area contributed by atoms with Crippen molar-refractivity contribution in [2.75, 3.05) is 7.11 Å². The normalized spacial score (nSPS) is 11.8. The van der Waals surface area contributed by atoms with E-state index in [1.807, 2.05) is 41.8 Å². The second-order valence-electron chi connectivity index (χ2n) is 6.92. The highest BCUT2D eigenvalue weighted by atomic mass is 35.5. The van der Waals surface area contributed by atoms with Crippen LogP contribution >= 0.6 is 33.2 Å². The summed E-state index contributed by atoms with van der Waals surface area (Å²) in [5.74, 6) is 1.76. The van der Waals surface area contributed by atoms with E-state index in [9.17, 15) is 13.2 Å². The Kier molecular flexibility index (Phi) is 6.60. The number of nitrogens with zero attached hydrogens (tertiary/aromatic N) is 2. The maximum atomic E-state index is 13.1. The molecule has 0 fully saturated rings. The van der Waals surface area contributed by atoms with Crippen LogP contribution in [-0.2, 0) is 11.9 Å². The molecule has 2 aromatic heterocycles. The number of ether oxygens (including phenoxy) is 1. The third-order valence-electron chi connectivity index (χ3n) is 4.86. The lowest BCUT2D eigenvalue weighted by molar-refractivity contribution is -0.610. The summed E-state index contributed by atoms with van der Waals surface area (Å²) < 4.78 is 46.6. The highest BCUT2D eigenvalue weighted by Crippen LogP contribution is 2.36. The molecule has 4 nitrogen and oxygen atoms in total. The lowest BCUT2D eigenvalue weighted by Crippen LogP contribution is -2.37. The lowest BCUT2D eigenvalue weighted by atomic mass is 10.2. The van der Waals surface area contributed by atoms with Crippen LogP contribution in [0.2, 0.25) is 5.02 Å². The number of H-pyrrole nitrogens is 1. The number of fused-ring (bicyclic) bond motifs is 1. The quantitative estimate of drug-likeness (QED) is 0.236. The number of hydrogen-bond acceptors (Lipinski definition) is 4. The summed E-state index contributed by atoms with van der Waals surface area (Å²) >= 11 is 6.06. The summed E-state index contributed by atoms with van der Waals surface area (Å²) in [6, 6.07) is 12.9. The van der Waals surface area contributed by atoms with Crippen LogP contribution in [0.5, 0.6) is 5.75 Å². The first-order valence-electron chi connectivity index (χ1n) is 9.47. The molecule has 0 radical (unpaired) electrons. The van der Waals surface area contributed by atoms with Crippen LogP contribution in [0.4, 0.5) is 13.2 Å². The Labute approximate surface area is 195 Å². The van der Waals surface area contributed by atoms with Crippen LogP contribution in [-0.4, -0.2) is 17.1 Å². The molecule has 0 saturated heterocycles. The largest absolute Gasteiger partial charge is 0.496 e. The van der Waals surface area contributed by atoms with E-state index in [0.717, 1.165) is 34.0 Å². The molecule has 166 valence electrons. The number of pyridine rings is 1. The van der Waals surface area contributed by atoms with Gasteiger partial charge in [0.05, 0.1) is 24.6 Å². The van der Waals surface area contributed by atoms with E-state index < -0.39 is 11.7 Å². The van der Waals surface area contributed by atoms with Crippen molar-refractivity contribution in [3.05, 3.63) is 76.6 Å². The molecule has 1 N–H and O–H groups in total. The van der Waals surface area contributed by atoms with Gasteiger partial charge in [-0.15, -0.1) is 0 Å². The summed E-state index contributed by atoms with van der Waals surface area (Å²) in [7, 11) is 4.80. The van der Waals surface area contributed by atoms with Crippen LogP contribution in [0.3, 0.4) is 0 Å². The molecule has 0 aliphatic carbocycles. The van der Waals surface area contributed by atoms with Crippen LogP contribution in [0, 0.1) is 6.92 Å². The van der Waals surface area contributed by atoms with Crippen molar-refractivity contribution < 1.29 is 22.5 Å². The molecule has 4 aromatic rings. The van der Waals surface area contributed by atoms with Gasteiger partial charge in [-0.1, -0.05) is 44.2 Å². The molecule has 32 heavy (non-hydrogen) atoms. The molecule has 2 heterocycles. The predicted molar refractivity (Wildman–Crippen MR) is 123 cm³/mol. The zero-order valence-corrected chi connectivity index (χ0v) is 19.4. The average Bonchev–Trinajstić information content (AvgIpc) is 3.17. The summed E-state index contributed by atoms with van der Waals surface area (Å²) in [4.78, 5) is 8.56. The number of benzene rings is 2. The first-order valence-corrected chi connectivity index (χ1v) is 12.2. The number of alkyl halides is 3. The van der Waals surface area contributed by atoms with E-state index in [1.54, 1.807) is 34.9 Å². The number of rotatable bonds is 6. The molecule has 2 aromatic carbocycles. The second-order valence-corrected chi connectivity index (χ2v) is 9.72. The predicted octanol–water partition coefficient (Wildman–Crippen LogP) is 6.77. The Morgan fingerprint density at radius 2 is 1.97 bits per heavy atom. The van der Waals surface area contributed by atoms with Gasteiger partial charge in [0.25, 0.3) is 0 Å². The van der Waals surface area contributed by atoms with Gasteiger partial charge in [-0.2, -0.15) is 13.2 Å². The van der Waals surface area contributed by atoms with Gasteiger partial charge in [-0.25, -0.2) is 9.55 Å². The van der Waals surface area contributed by atoms with Crippen molar-refractivity contribution in [3.63, 3.8) is 0 Å². The zero-order chi connectivity index (χ0) is 22.9. The first-order chi connectivity index (χ1) is 15.3. The van der Waals surface area contributed by atoms with E-state index in [-0.39, 0.29) is 0 Å². The maximum absolute atomic E-state index is 13.1. The van der Waals surface area contributed by atoms with Crippen molar-refractivity contribution in [1.82, 2.24) is 9.97 Å². The van der Waals surface area contributed by atoms with Gasteiger partial charge in [0, 0.05) is 21.5 Å². The Bertz CT molecular complexity index is 1280. The topological polar surface area (TPSA) is 41.8 Å². The van der Waals surface area contributed by atoms with Crippen LogP contribution in [0.25, 0.3) is 17.0 Å². The number of imidazole rings is 1. The summed E-state index contributed by atoms with van der Waals surface area (Å²) in [6.45, 7) is 1.94. The molecule has 0 unspecified atom stereocenters. The molecule has 0 saturated carbocycles. The second kappa shape index (κ2) is 9.25. The molecule has 0 spiro atoms. The molecule has 0 bridgehead atoms. The molecule has 0 atom stereocenters. The third-order valence-corrected chi connectivity index (χ3v) is 7.34. The van der Waals surface area contributed by atoms with Crippen LogP contribution < -0.4 is 9.30 Å². The van der Waals surface area contributed by atoms with Crippen molar-refractivity contribution in [2.45, 2.75) is 23.7 Å². The molecule has 4 rings (SSSR count). The lowest BCUT2D eigenvalue weighted by Gasteiger charge is -2.12. The molecule has 10 heteroatoms. The van der Waals surface area contributed by atoms with Crippen molar-refractivity contribution >= 4 is 44.2 Å². The summed E-state index contributed by atoms with van der Waals surface area (Å²) in [5, 5.41) is 0.670. The van der Waals surface area contributed by atoms with Gasteiger partial charge in [0.15, 0.2) is 5.52 Å². The Balaban J connectivity index is 1.68. The first kappa shape index (κ1) is 22.8. The van der Waals surface area contributed by atoms with Crippen molar-refractivity contribution in [3.8, 4) is 11.7 Å². The Morgan fingerprint density at radius 3 is 2.69 bits per heavy atom. The number of aromatic nitrogens is 3. The van der Waals surface area contributed by atoms with Gasteiger partial charge in [-0.05, 0) is 43.3 Å². The van der Waals surface area contributed by atoms with Crippen LogP contribution in [0.15, 0.2) is 59.6 Å². The van der Waals surface area contributed by atoms with E-state index in [0.29, 0.717) is 27.8 Å². The van der Waals surface area contributed by atoms with E-state index in [4.69, 9.17) is 16.3 Å². The van der Waals surface area contributed by atoms with E-state index in [1.165, 1.54) is 6.07 Å². The number of hydrogen-bond donors (Lipinski definition) is 1. The summed E-state index contributed by atoms with van der Waals surface area (Å²) in [6.07, 6.45) is -2.61. The van der Waals surface area contributed by atoms with E-state index >= 15 is 0 Å². The molecule has 0 aliphatic rings. The summed E-state index contributed by atoms with van der Waals surface area (Å²) in [5.41, 5.74) is 1.90. The molecular formula is C22H18ClF3N3OS2+. The highest BCUT2D eigenvalue weighted by Gasteiger charge is 2.31. The minimum absolute atomic E-state index is 0.322. The van der Waals surface area contributed by atoms with Crippen molar-refractivity contribution in [2.24, 2.45) is 0 Å². The number of nitrogens with one attached hydrogen (secondary N) is 1. The molecule has 0 aliphatic heterocycles. The number of aromatic amines is 1. The smallest absolute Gasteiger partial charge is 0.416 e. The monoisotopic (exact) mass is 496 g/mol. The van der Waals surface area contributed by atoms with Gasteiger partial charge >= 0.3 is 12.1 Å². The van der Waals surface area contributed by atoms with E-state index in [2.05, 4.69) is 9.97 Å². The fraction of sp³-hybridized carbons (Fsp3) is 0.182. The van der Waals surface area contributed by atoms with Crippen molar-refractivity contribution in [1.29, 1.82) is 0 Å². The van der Waals surface area contributed by atoms with Crippen LogP contribution in [0.1, 0.15) is 16.8 Å². The highest BCUT2D eigenvalue weighted by molar-refractivity contribution is 8.76. The average molecular weight is 497 g/mol. The minimum atomic E-state index is -4.41. The SMILES string of the molecule is COc1cc[n+](-c2nc3ccc(C(F)(F)F)cc3[nH]2)c(CSSc2cccc(Cl)c2)c1C. The molecule has 0 amide bonds. The van der Waals surface area contributed by atoms with Gasteiger partial charge in [0.1, 0.15) is 17.0 Å². The maximum Gasteiger partial charge on any atom is 0.416 e. The Morgan fingerprint density at radius 1 is 1.16 bits per heavy atom. The fourth-order valence-electron chi connectivity index (χ4n) is 3.24. The standard InChI is InChI=1S/C22H18ClF3N3OS2/c1-13-19(12-31-32-16-5-3-4-15(23)11-16)29(9-8-20(13)30-2)21-27-17-7-6-14(22(24,25)26)10-18(17)28-21/h3-11H,12H2,1-2H3,(H,27,28)/q+1. The third kappa shape index (κ3) is 4.84.